The van der Waals surface area contributed by atoms with E-state index < -0.39 is 28.4 Å². The Hall–Kier alpha value is -1.83. The summed E-state index contributed by atoms with van der Waals surface area (Å²) in [7, 11) is 0. The van der Waals surface area contributed by atoms with Crippen LogP contribution in [-0.4, -0.2) is 22.7 Å². The Kier molecular flexibility index (Phi) is 4.71. The van der Waals surface area contributed by atoms with Crippen LogP contribution in [0.4, 0.5) is 24.5 Å². The van der Waals surface area contributed by atoms with Crippen LogP contribution >= 0.6 is 0 Å². The van der Waals surface area contributed by atoms with Gasteiger partial charge in [-0.2, -0.15) is 13.2 Å². The zero-order valence-electron chi connectivity index (χ0n) is 10.1. The zero-order valence-corrected chi connectivity index (χ0v) is 10.1. The molecular formula is C11H13F3N2O3. The molecule has 1 aromatic carbocycles. The molecule has 0 saturated carbocycles. The highest BCUT2D eigenvalue weighted by Crippen LogP contribution is 2.37. The summed E-state index contributed by atoms with van der Waals surface area (Å²) >= 11 is 0. The second-order valence-electron chi connectivity index (χ2n) is 3.92. The molecule has 0 radical (unpaired) electrons. The number of rotatable bonds is 5. The van der Waals surface area contributed by atoms with Crippen LogP contribution in [0.15, 0.2) is 18.2 Å². The largest absolute Gasteiger partial charge is 0.423 e. The van der Waals surface area contributed by atoms with Gasteiger partial charge in [-0.1, -0.05) is 6.92 Å². The molecule has 1 aromatic rings. The van der Waals surface area contributed by atoms with Crippen LogP contribution in [0.5, 0.6) is 0 Å². The van der Waals surface area contributed by atoms with E-state index in [4.69, 9.17) is 5.11 Å². The highest BCUT2D eigenvalue weighted by atomic mass is 19.4. The van der Waals surface area contributed by atoms with Crippen LogP contribution in [0.1, 0.15) is 18.9 Å². The van der Waals surface area contributed by atoms with Crippen molar-refractivity contribution in [3.8, 4) is 0 Å². The van der Waals surface area contributed by atoms with Gasteiger partial charge in [-0.3, -0.25) is 10.1 Å². The SMILES string of the molecule is CC[C@H](CO)Nc1ccc([N+](=O)[O-])c(C(F)(F)F)c1. The molecule has 0 unspecified atom stereocenters. The second kappa shape index (κ2) is 5.87. The van der Waals surface area contributed by atoms with E-state index in [-0.39, 0.29) is 12.3 Å². The number of nitrogens with zero attached hydrogens (tertiary/aromatic N) is 1. The van der Waals surface area contributed by atoms with Gasteiger partial charge in [0.25, 0.3) is 5.69 Å². The Morgan fingerprint density at radius 1 is 1.47 bits per heavy atom. The lowest BCUT2D eigenvalue weighted by Gasteiger charge is -2.16. The van der Waals surface area contributed by atoms with Crippen LogP contribution in [-0.2, 0) is 6.18 Å². The Morgan fingerprint density at radius 2 is 2.11 bits per heavy atom. The van der Waals surface area contributed by atoms with Gasteiger partial charge in [-0.05, 0) is 18.6 Å². The zero-order chi connectivity index (χ0) is 14.6. The van der Waals surface area contributed by atoms with Crippen LogP contribution in [0.25, 0.3) is 0 Å². The summed E-state index contributed by atoms with van der Waals surface area (Å²) in [5.41, 5.74) is -2.22. The molecule has 0 aromatic heterocycles. The van der Waals surface area contributed by atoms with Gasteiger partial charge in [0.1, 0.15) is 5.56 Å². The van der Waals surface area contributed by atoms with Crippen molar-refractivity contribution >= 4 is 11.4 Å². The molecule has 106 valence electrons. The fourth-order valence-corrected chi connectivity index (χ4v) is 1.52. The predicted octanol–water partition coefficient (Wildman–Crippen LogP) is 2.80. The van der Waals surface area contributed by atoms with Gasteiger partial charge >= 0.3 is 6.18 Å². The highest BCUT2D eigenvalue weighted by molar-refractivity contribution is 5.55. The highest BCUT2D eigenvalue weighted by Gasteiger charge is 2.38. The molecule has 0 fully saturated rings. The number of hydrogen-bond donors (Lipinski definition) is 2. The molecule has 0 saturated heterocycles. The minimum Gasteiger partial charge on any atom is -0.394 e. The first kappa shape index (κ1) is 15.2. The smallest absolute Gasteiger partial charge is 0.394 e. The van der Waals surface area contributed by atoms with E-state index in [0.717, 1.165) is 6.07 Å². The van der Waals surface area contributed by atoms with Crippen molar-refractivity contribution in [1.29, 1.82) is 0 Å². The molecule has 0 aliphatic rings. The number of benzene rings is 1. The minimum absolute atomic E-state index is 0.0822. The number of alkyl halides is 3. The maximum atomic E-state index is 12.7. The molecule has 5 nitrogen and oxygen atoms in total. The van der Waals surface area contributed by atoms with E-state index in [1.54, 1.807) is 6.92 Å². The lowest BCUT2D eigenvalue weighted by molar-refractivity contribution is -0.388. The molecule has 1 atom stereocenters. The quantitative estimate of drug-likeness (QED) is 0.641. The Labute approximate surface area is 107 Å². The van der Waals surface area contributed by atoms with E-state index in [1.807, 2.05) is 0 Å². The number of aliphatic hydroxyl groups excluding tert-OH is 1. The fraction of sp³-hybridized carbons (Fsp3) is 0.455. The third-order valence-corrected chi connectivity index (χ3v) is 2.58. The van der Waals surface area contributed by atoms with Gasteiger partial charge in [0.2, 0.25) is 0 Å². The summed E-state index contributed by atoms with van der Waals surface area (Å²) in [6.45, 7) is 1.51. The summed E-state index contributed by atoms with van der Waals surface area (Å²) in [6.07, 6.45) is -4.30. The van der Waals surface area contributed by atoms with Crippen LogP contribution < -0.4 is 5.32 Å². The Bertz CT molecular complexity index is 459. The maximum Gasteiger partial charge on any atom is 0.423 e. The van der Waals surface area contributed by atoms with Gasteiger partial charge in [-0.25, -0.2) is 0 Å². The summed E-state index contributed by atoms with van der Waals surface area (Å²) in [4.78, 5) is 9.49. The minimum atomic E-state index is -4.80. The van der Waals surface area contributed by atoms with Crippen molar-refractivity contribution in [3.63, 3.8) is 0 Å². The van der Waals surface area contributed by atoms with Crippen molar-refractivity contribution < 1.29 is 23.2 Å². The molecule has 0 aliphatic carbocycles. The van der Waals surface area contributed by atoms with Crippen molar-refractivity contribution in [2.45, 2.75) is 25.6 Å². The van der Waals surface area contributed by atoms with Gasteiger partial charge in [0.05, 0.1) is 11.5 Å². The molecule has 0 heterocycles. The first-order valence-corrected chi connectivity index (χ1v) is 5.52. The molecular weight excluding hydrogens is 265 g/mol. The van der Waals surface area contributed by atoms with E-state index in [1.165, 1.54) is 6.07 Å². The maximum absolute atomic E-state index is 12.7. The second-order valence-corrected chi connectivity index (χ2v) is 3.92. The van der Waals surface area contributed by atoms with Gasteiger partial charge < -0.3 is 10.4 Å². The monoisotopic (exact) mass is 278 g/mol. The Balaban J connectivity index is 3.15. The average molecular weight is 278 g/mol. The van der Waals surface area contributed by atoms with Crippen molar-refractivity contribution in [2.24, 2.45) is 0 Å². The lowest BCUT2D eigenvalue weighted by Crippen LogP contribution is -2.23. The van der Waals surface area contributed by atoms with Gasteiger partial charge in [0, 0.05) is 17.8 Å². The number of halogens is 3. The number of aliphatic hydroxyl groups is 1. The summed E-state index contributed by atoms with van der Waals surface area (Å²) in [5.74, 6) is 0. The van der Waals surface area contributed by atoms with Crippen molar-refractivity contribution in [1.82, 2.24) is 0 Å². The van der Waals surface area contributed by atoms with Crippen LogP contribution in [0.2, 0.25) is 0 Å². The summed E-state index contributed by atoms with van der Waals surface area (Å²) in [6, 6.07) is 2.26. The first-order valence-electron chi connectivity index (χ1n) is 5.52. The topological polar surface area (TPSA) is 75.4 Å². The normalized spacial score (nSPS) is 13.1. The molecule has 8 heteroatoms. The summed E-state index contributed by atoms with van der Waals surface area (Å²) in [5, 5.41) is 22.2. The molecule has 1 rings (SSSR count). The van der Waals surface area contributed by atoms with E-state index >= 15 is 0 Å². The van der Waals surface area contributed by atoms with Gasteiger partial charge in [-0.15, -0.1) is 0 Å². The van der Waals surface area contributed by atoms with E-state index in [0.29, 0.717) is 12.5 Å². The number of nitro benzene ring substituents is 1. The van der Waals surface area contributed by atoms with E-state index in [2.05, 4.69) is 5.32 Å². The van der Waals surface area contributed by atoms with Crippen molar-refractivity contribution in [3.05, 3.63) is 33.9 Å². The predicted molar refractivity (Wildman–Crippen MR) is 62.9 cm³/mol. The number of nitrogens with one attached hydrogen (secondary N) is 1. The number of nitro groups is 1. The number of anilines is 1. The van der Waals surface area contributed by atoms with Gasteiger partial charge in [0.15, 0.2) is 0 Å². The molecule has 19 heavy (non-hydrogen) atoms. The standard InChI is InChI=1S/C11H13F3N2O3/c1-2-7(6-17)15-8-3-4-10(16(18)19)9(5-8)11(12,13)14/h3-5,7,15,17H,2,6H2,1H3/t7-/m1/s1. The van der Waals surface area contributed by atoms with E-state index in [9.17, 15) is 23.3 Å². The lowest BCUT2D eigenvalue weighted by atomic mass is 10.1. The van der Waals surface area contributed by atoms with Crippen LogP contribution in [0.3, 0.4) is 0 Å². The summed E-state index contributed by atoms with van der Waals surface area (Å²) < 4.78 is 38.1. The molecule has 0 spiro atoms. The Morgan fingerprint density at radius 3 is 2.53 bits per heavy atom. The molecule has 0 aliphatic heterocycles. The third-order valence-electron chi connectivity index (χ3n) is 2.58. The molecule has 2 N–H and O–H groups in total. The number of hydrogen-bond acceptors (Lipinski definition) is 4. The van der Waals surface area contributed by atoms with Crippen LogP contribution in [0, 0.1) is 10.1 Å². The molecule has 0 bridgehead atoms. The molecule has 0 amide bonds. The first-order chi connectivity index (χ1) is 8.79. The fourth-order valence-electron chi connectivity index (χ4n) is 1.52. The van der Waals surface area contributed by atoms with Crippen molar-refractivity contribution in [2.75, 3.05) is 11.9 Å². The third kappa shape index (κ3) is 3.82. The average Bonchev–Trinajstić information content (AvgIpc) is 2.34.